The van der Waals surface area contributed by atoms with E-state index in [2.05, 4.69) is 63.3 Å². The van der Waals surface area contributed by atoms with Crippen LogP contribution in [0.2, 0.25) is 0 Å². The molecular formula is C14H17IN2O. The van der Waals surface area contributed by atoms with Gasteiger partial charge in [0.1, 0.15) is 5.82 Å². The highest BCUT2D eigenvalue weighted by atomic mass is 127. The molecule has 0 bridgehead atoms. The third kappa shape index (κ3) is 3.11. The summed E-state index contributed by atoms with van der Waals surface area (Å²) in [4.78, 5) is 4.46. The van der Waals surface area contributed by atoms with Gasteiger partial charge >= 0.3 is 0 Å². The fraction of sp³-hybridized carbons (Fsp3) is 0.357. The SMILES string of the molecule is COCCC(C)n1ccnc1-c1ccc(I)cc1. The van der Waals surface area contributed by atoms with E-state index in [1.165, 1.54) is 3.57 Å². The van der Waals surface area contributed by atoms with Gasteiger partial charge in [-0.25, -0.2) is 4.98 Å². The number of benzene rings is 1. The number of imidazole rings is 1. The second-order valence-corrected chi connectivity index (χ2v) is 5.54. The van der Waals surface area contributed by atoms with Crippen molar-refractivity contribution in [3.8, 4) is 11.4 Å². The van der Waals surface area contributed by atoms with Crippen LogP contribution in [-0.2, 0) is 4.74 Å². The zero-order chi connectivity index (χ0) is 13.0. The van der Waals surface area contributed by atoms with E-state index in [4.69, 9.17) is 4.74 Å². The Hall–Kier alpha value is -0.880. The van der Waals surface area contributed by atoms with Gasteiger partial charge in [0.05, 0.1) is 0 Å². The fourth-order valence-corrected chi connectivity index (χ4v) is 2.28. The molecule has 0 aliphatic rings. The highest BCUT2D eigenvalue weighted by molar-refractivity contribution is 14.1. The lowest BCUT2D eigenvalue weighted by Gasteiger charge is -2.16. The molecule has 0 N–H and O–H groups in total. The third-order valence-corrected chi connectivity index (χ3v) is 3.70. The van der Waals surface area contributed by atoms with E-state index in [-0.39, 0.29) is 0 Å². The molecule has 1 heterocycles. The molecule has 2 aromatic rings. The standard InChI is InChI=1S/C14H17IN2O/c1-11(7-10-18-2)17-9-8-16-14(17)12-3-5-13(15)6-4-12/h3-6,8-9,11H,7,10H2,1-2H3. The van der Waals surface area contributed by atoms with Gasteiger partial charge in [-0.2, -0.15) is 0 Å². The summed E-state index contributed by atoms with van der Waals surface area (Å²) < 4.78 is 8.58. The summed E-state index contributed by atoms with van der Waals surface area (Å²) in [7, 11) is 1.74. The summed E-state index contributed by atoms with van der Waals surface area (Å²) in [5, 5.41) is 0. The predicted octanol–water partition coefficient (Wildman–Crippen LogP) is 3.75. The molecule has 3 nitrogen and oxygen atoms in total. The molecule has 0 saturated carbocycles. The van der Waals surface area contributed by atoms with Crippen LogP contribution in [0.1, 0.15) is 19.4 Å². The van der Waals surface area contributed by atoms with Crippen molar-refractivity contribution in [2.75, 3.05) is 13.7 Å². The average Bonchev–Trinajstić information content (AvgIpc) is 2.86. The second-order valence-electron chi connectivity index (χ2n) is 4.30. The van der Waals surface area contributed by atoms with Crippen LogP contribution in [-0.4, -0.2) is 23.3 Å². The van der Waals surface area contributed by atoms with Crippen molar-refractivity contribution >= 4 is 22.6 Å². The van der Waals surface area contributed by atoms with Gasteiger partial charge in [-0.15, -0.1) is 0 Å². The van der Waals surface area contributed by atoms with E-state index in [9.17, 15) is 0 Å². The Labute approximate surface area is 121 Å². The van der Waals surface area contributed by atoms with Gasteiger partial charge in [-0.1, -0.05) is 12.1 Å². The highest BCUT2D eigenvalue weighted by Gasteiger charge is 2.11. The molecule has 0 saturated heterocycles. The van der Waals surface area contributed by atoms with Gasteiger partial charge in [0.2, 0.25) is 0 Å². The van der Waals surface area contributed by atoms with Gasteiger partial charge in [0, 0.05) is 41.3 Å². The second kappa shape index (κ2) is 6.33. The van der Waals surface area contributed by atoms with Gasteiger partial charge in [0.15, 0.2) is 0 Å². The van der Waals surface area contributed by atoms with E-state index >= 15 is 0 Å². The Bertz CT molecular complexity index is 493. The summed E-state index contributed by atoms with van der Waals surface area (Å²) in [6.45, 7) is 2.96. The van der Waals surface area contributed by atoms with Gasteiger partial charge in [-0.3, -0.25) is 0 Å². The van der Waals surface area contributed by atoms with Crippen molar-refractivity contribution in [2.24, 2.45) is 0 Å². The Balaban J connectivity index is 2.24. The van der Waals surface area contributed by atoms with Crippen LogP contribution in [0.3, 0.4) is 0 Å². The number of aromatic nitrogens is 2. The minimum atomic E-state index is 0.390. The molecule has 96 valence electrons. The van der Waals surface area contributed by atoms with Crippen molar-refractivity contribution < 1.29 is 4.74 Å². The molecule has 0 radical (unpaired) electrons. The summed E-state index contributed by atoms with van der Waals surface area (Å²) in [5.41, 5.74) is 1.16. The van der Waals surface area contributed by atoms with Gasteiger partial charge in [0.25, 0.3) is 0 Å². The van der Waals surface area contributed by atoms with Gasteiger partial charge < -0.3 is 9.30 Å². The molecule has 4 heteroatoms. The Morgan fingerprint density at radius 2 is 2.06 bits per heavy atom. The first-order chi connectivity index (χ1) is 8.72. The lowest BCUT2D eigenvalue weighted by Crippen LogP contribution is -2.08. The molecule has 1 aromatic heterocycles. The summed E-state index contributed by atoms with van der Waals surface area (Å²) >= 11 is 2.31. The molecule has 1 atom stereocenters. The maximum absolute atomic E-state index is 5.14. The Morgan fingerprint density at radius 1 is 1.33 bits per heavy atom. The van der Waals surface area contributed by atoms with Crippen LogP contribution < -0.4 is 0 Å². The molecule has 2 rings (SSSR count). The number of hydrogen-bond acceptors (Lipinski definition) is 2. The van der Waals surface area contributed by atoms with Crippen molar-refractivity contribution in [1.82, 2.24) is 9.55 Å². The summed E-state index contributed by atoms with van der Waals surface area (Å²) in [6, 6.07) is 8.83. The van der Waals surface area contributed by atoms with Gasteiger partial charge in [-0.05, 0) is 48.1 Å². The summed E-state index contributed by atoms with van der Waals surface area (Å²) in [6.07, 6.45) is 4.88. The van der Waals surface area contributed by atoms with Crippen LogP contribution >= 0.6 is 22.6 Å². The van der Waals surface area contributed by atoms with Crippen molar-refractivity contribution in [3.63, 3.8) is 0 Å². The van der Waals surface area contributed by atoms with E-state index < -0.39 is 0 Å². The normalized spacial score (nSPS) is 12.6. The van der Waals surface area contributed by atoms with Crippen molar-refractivity contribution in [1.29, 1.82) is 0 Å². The maximum Gasteiger partial charge on any atom is 0.140 e. The van der Waals surface area contributed by atoms with Crippen molar-refractivity contribution in [3.05, 3.63) is 40.2 Å². The van der Waals surface area contributed by atoms with E-state index in [1.807, 2.05) is 12.4 Å². The molecule has 18 heavy (non-hydrogen) atoms. The average molecular weight is 356 g/mol. The largest absolute Gasteiger partial charge is 0.385 e. The monoisotopic (exact) mass is 356 g/mol. The quantitative estimate of drug-likeness (QED) is 0.763. The highest BCUT2D eigenvalue weighted by Crippen LogP contribution is 2.23. The van der Waals surface area contributed by atoms with Crippen molar-refractivity contribution in [2.45, 2.75) is 19.4 Å². The number of ether oxygens (including phenoxy) is 1. The first-order valence-electron chi connectivity index (χ1n) is 6.00. The first kappa shape index (κ1) is 13.5. The fourth-order valence-electron chi connectivity index (χ4n) is 1.92. The van der Waals surface area contributed by atoms with Crippen LogP contribution in [0.5, 0.6) is 0 Å². The minimum absolute atomic E-state index is 0.390. The number of rotatable bonds is 5. The van der Waals surface area contributed by atoms with Crippen LogP contribution in [0.25, 0.3) is 11.4 Å². The smallest absolute Gasteiger partial charge is 0.140 e. The zero-order valence-corrected chi connectivity index (χ0v) is 12.8. The van der Waals surface area contributed by atoms with E-state index in [0.717, 1.165) is 24.4 Å². The van der Waals surface area contributed by atoms with Crippen LogP contribution in [0, 0.1) is 3.57 Å². The lowest BCUT2D eigenvalue weighted by molar-refractivity contribution is 0.181. The number of methoxy groups -OCH3 is 1. The molecule has 0 aliphatic carbocycles. The van der Waals surface area contributed by atoms with Crippen LogP contribution in [0.15, 0.2) is 36.7 Å². The zero-order valence-electron chi connectivity index (χ0n) is 10.6. The topological polar surface area (TPSA) is 27.1 Å². The molecular weight excluding hydrogens is 339 g/mol. The van der Waals surface area contributed by atoms with E-state index in [0.29, 0.717) is 6.04 Å². The molecule has 1 aromatic carbocycles. The van der Waals surface area contributed by atoms with E-state index in [1.54, 1.807) is 7.11 Å². The Kier molecular flexibility index (Phi) is 4.77. The number of halogens is 1. The van der Waals surface area contributed by atoms with Crippen LogP contribution in [0.4, 0.5) is 0 Å². The molecule has 0 spiro atoms. The maximum atomic E-state index is 5.14. The number of hydrogen-bond donors (Lipinski definition) is 0. The summed E-state index contributed by atoms with van der Waals surface area (Å²) in [5.74, 6) is 1.02. The molecule has 0 fully saturated rings. The minimum Gasteiger partial charge on any atom is -0.385 e. The lowest BCUT2D eigenvalue weighted by atomic mass is 10.2. The first-order valence-corrected chi connectivity index (χ1v) is 7.08. The molecule has 0 aliphatic heterocycles. The third-order valence-electron chi connectivity index (χ3n) is 2.99. The molecule has 0 amide bonds. The molecule has 1 unspecified atom stereocenters. The Morgan fingerprint density at radius 3 is 2.72 bits per heavy atom. The number of nitrogens with zero attached hydrogens (tertiary/aromatic N) is 2. The predicted molar refractivity (Wildman–Crippen MR) is 81.6 cm³/mol.